The fourth-order valence-electron chi connectivity index (χ4n) is 1.83. The molecule has 2 rings (SSSR count). The Morgan fingerprint density at radius 3 is 2.50 bits per heavy atom. The lowest BCUT2D eigenvalue weighted by Gasteiger charge is -2.08. The Labute approximate surface area is 133 Å². The number of benzene rings is 1. The second kappa shape index (κ2) is 7.31. The van der Waals surface area contributed by atoms with Gasteiger partial charge >= 0.3 is 6.61 Å². The van der Waals surface area contributed by atoms with Gasteiger partial charge in [-0.05, 0) is 24.3 Å². The van der Waals surface area contributed by atoms with Crippen LogP contribution in [0.3, 0.4) is 0 Å². The summed E-state index contributed by atoms with van der Waals surface area (Å²) < 4.78 is 29.1. The fourth-order valence-corrected chi connectivity index (χ4v) is 1.83. The van der Waals surface area contributed by atoms with Crippen molar-refractivity contribution in [2.75, 3.05) is 5.32 Å². The van der Waals surface area contributed by atoms with Crippen molar-refractivity contribution in [1.29, 1.82) is 0 Å². The number of hydrogen-bond acceptors (Lipinski definition) is 5. The number of rotatable bonds is 6. The quantitative estimate of drug-likeness (QED) is 0.640. The number of carbonyl (C=O) groups excluding carboxylic acids is 1. The highest BCUT2D eigenvalue weighted by Gasteiger charge is 2.11. The number of alkyl halides is 2. The van der Waals surface area contributed by atoms with Crippen LogP contribution in [0.5, 0.6) is 5.75 Å². The maximum atomic E-state index is 12.0. The van der Waals surface area contributed by atoms with Crippen LogP contribution in [-0.4, -0.2) is 22.0 Å². The number of nitro groups is 1. The molecule has 0 saturated carbocycles. The van der Waals surface area contributed by atoms with E-state index in [4.69, 9.17) is 0 Å². The van der Waals surface area contributed by atoms with Crippen LogP contribution in [0.25, 0.3) is 0 Å². The number of ether oxygens (including phenoxy) is 1. The molecule has 126 valence electrons. The lowest BCUT2D eigenvalue weighted by molar-refractivity contribution is -0.385. The standard InChI is InChI=1S/C14H11F2N3O5/c15-14(16)24-11-4-1-9(2-5-11)17-12(20)8-18-7-10(19(22)23)3-6-13(18)21/h1-7,14H,8H2,(H,17,20). The van der Waals surface area contributed by atoms with Crippen molar-refractivity contribution in [2.45, 2.75) is 13.2 Å². The highest BCUT2D eigenvalue weighted by Crippen LogP contribution is 2.17. The Bertz CT molecular complexity index is 805. The molecule has 0 radical (unpaired) electrons. The molecular weight excluding hydrogens is 328 g/mol. The number of halogens is 2. The molecule has 0 saturated heterocycles. The van der Waals surface area contributed by atoms with Gasteiger partial charge in [0.25, 0.3) is 11.2 Å². The summed E-state index contributed by atoms with van der Waals surface area (Å²) in [5, 5.41) is 13.1. The van der Waals surface area contributed by atoms with Crippen molar-refractivity contribution >= 4 is 17.3 Å². The molecule has 0 unspecified atom stereocenters. The first-order valence-corrected chi connectivity index (χ1v) is 6.55. The molecule has 1 N–H and O–H groups in total. The lowest BCUT2D eigenvalue weighted by atomic mass is 10.3. The molecule has 8 nitrogen and oxygen atoms in total. The fraction of sp³-hybridized carbons (Fsp3) is 0.143. The van der Waals surface area contributed by atoms with E-state index < -0.39 is 29.5 Å². The molecule has 0 bridgehead atoms. The molecule has 0 fully saturated rings. The lowest BCUT2D eigenvalue weighted by Crippen LogP contribution is -2.26. The van der Waals surface area contributed by atoms with Gasteiger partial charge in [-0.25, -0.2) is 0 Å². The molecule has 0 atom stereocenters. The third-order valence-electron chi connectivity index (χ3n) is 2.86. The summed E-state index contributed by atoms with van der Waals surface area (Å²) >= 11 is 0. The van der Waals surface area contributed by atoms with Crippen molar-refractivity contribution in [3.8, 4) is 5.75 Å². The van der Waals surface area contributed by atoms with Crippen molar-refractivity contribution in [2.24, 2.45) is 0 Å². The van der Waals surface area contributed by atoms with E-state index in [1.54, 1.807) is 0 Å². The van der Waals surface area contributed by atoms with Crippen LogP contribution < -0.4 is 15.6 Å². The second-order valence-corrected chi connectivity index (χ2v) is 4.56. The smallest absolute Gasteiger partial charge is 0.387 e. The summed E-state index contributed by atoms with van der Waals surface area (Å²) in [5.74, 6) is -0.682. The van der Waals surface area contributed by atoms with Crippen LogP contribution in [-0.2, 0) is 11.3 Å². The van der Waals surface area contributed by atoms with Crippen LogP contribution in [0, 0.1) is 10.1 Å². The van der Waals surface area contributed by atoms with Gasteiger partial charge in [-0.15, -0.1) is 0 Å². The van der Waals surface area contributed by atoms with Gasteiger partial charge in [-0.1, -0.05) is 0 Å². The van der Waals surface area contributed by atoms with Gasteiger partial charge in [0.1, 0.15) is 12.3 Å². The predicted octanol–water partition coefficient (Wildman–Crippen LogP) is 2.00. The molecule has 2 aromatic rings. The number of pyridine rings is 1. The Kier molecular flexibility index (Phi) is 5.20. The summed E-state index contributed by atoms with van der Waals surface area (Å²) in [6.45, 7) is -3.39. The number of amides is 1. The summed E-state index contributed by atoms with van der Waals surface area (Å²) in [6.07, 6.45) is 0.960. The summed E-state index contributed by atoms with van der Waals surface area (Å²) in [4.78, 5) is 33.5. The molecule has 0 aliphatic heterocycles. The van der Waals surface area contributed by atoms with E-state index in [1.165, 1.54) is 24.3 Å². The summed E-state index contributed by atoms with van der Waals surface area (Å²) in [5.41, 5.74) is -0.604. The first kappa shape index (κ1) is 17.1. The summed E-state index contributed by atoms with van der Waals surface area (Å²) in [6, 6.07) is 7.18. The van der Waals surface area contributed by atoms with Gasteiger partial charge in [0.05, 0.1) is 11.1 Å². The van der Waals surface area contributed by atoms with Gasteiger partial charge in [0, 0.05) is 17.8 Å². The molecule has 1 amide bonds. The first-order chi connectivity index (χ1) is 11.3. The molecule has 1 heterocycles. The Balaban J connectivity index is 2.04. The zero-order valence-corrected chi connectivity index (χ0v) is 12.0. The van der Waals surface area contributed by atoms with E-state index in [0.29, 0.717) is 5.69 Å². The Hall–Kier alpha value is -3.30. The highest BCUT2D eigenvalue weighted by molar-refractivity contribution is 5.90. The van der Waals surface area contributed by atoms with Gasteiger partial charge in [0.2, 0.25) is 5.91 Å². The van der Waals surface area contributed by atoms with E-state index >= 15 is 0 Å². The third-order valence-corrected chi connectivity index (χ3v) is 2.86. The Morgan fingerprint density at radius 1 is 1.25 bits per heavy atom. The minimum Gasteiger partial charge on any atom is -0.435 e. The largest absolute Gasteiger partial charge is 0.435 e. The van der Waals surface area contributed by atoms with Gasteiger partial charge in [0.15, 0.2) is 0 Å². The van der Waals surface area contributed by atoms with Gasteiger partial charge in [-0.2, -0.15) is 8.78 Å². The SMILES string of the molecule is O=C(Cn1cc([N+](=O)[O-])ccc1=O)Nc1ccc(OC(F)F)cc1. The van der Waals surface area contributed by atoms with Crippen molar-refractivity contribution in [3.63, 3.8) is 0 Å². The zero-order valence-electron chi connectivity index (χ0n) is 12.0. The number of anilines is 1. The first-order valence-electron chi connectivity index (χ1n) is 6.55. The summed E-state index contributed by atoms with van der Waals surface area (Å²) in [7, 11) is 0. The van der Waals surface area contributed by atoms with Crippen molar-refractivity contribution in [3.05, 3.63) is 63.1 Å². The number of carbonyl (C=O) groups is 1. The molecule has 0 aliphatic rings. The van der Waals surface area contributed by atoms with Gasteiger partial charge in [-0.3, -0.25) is 24.3 Å². The van der Waals surface area contributed by atoms with E-state index in [9.17, 15) is 28.5 Å². The molecule has 0 spiro atoms. The molecule has 10 heteroatoms. The van der Waals surface area contributed by atoms with Gasteiger partial charge < -0.3 is 10.1 Å². The number of hydrogen-bond donors (Lipinski definition) is 1. The molecule has 0 aliphatic carbocycles. The number of nitrogens with zero attached hydrogens (tertiary/aromatic N) is 2. The average Bonchev–Trinajstić information content (AvgIpc) is 2.50. The Morgan fingerprint density at radius 2 is 1.92 bits per heavy atom. The molecule has 24 heavy (non-hydrogen) atoms. The van der Waals surface area contributed by atoms with Crippen LogP contribution >= 0.6 is 0 Å². The number of nitrogens with one attached hydrogen (secondary N) is 1. The maximum absolute atomic E-state index is 12.0. The van der Waals surface area contributed by atoms with Crippen LogP contribution in [0.1, 0.15) is 0 Å². The molecule has 1 aromatic carbocycles. The van der Waals surface area contributed by atoms with Crippen LogP contribution in [0.2, 0.25) is 0 Å². The maximum Gasteiger partial charge on any atom is 0.387 e. The topological polar surface area (TPSA) is 103 Å². The highest BCUT2D eigenvalue weighted by atomic mass is 19.3. The van der Waals surface area contributed by atoms with E-state index in [2.05, 4.69) is 10.1 Å². The van der Waals surface area contributed by atoms with Crippen LogP contribution in [0.4, 0.5) is 20.2 Å². The second-order valence-electron chi connectivity index (χ2n) is 4.56. The number of aromatic nitrogens is 1. The predicted molar refractivity (Wildman–Crippen MR) is 79.1 cm³/mol. The zero-order chi connectivity index (χ0) is 17.7. The minimum absolute atomic E-state index is 0.0714. The average molecular weight is 339 g/mol. The minimum atomic E-state index is -2.95. The normalized spacial score (nSPS) is 10.5. The monoisotopic (exact) mass is 339 g/mol. The van der Waals surface area contributed by atoms with E-state index in [-0.39, 0.29) is 11.4 Å². The van der Waals surface area contributed by atoms with Crippen molar-refractivity contribution in [1.82, 2.24) is 4.57 Å². The van der Waals surface area contributed by atoms with Crippen molar-refractivity contribution < 1.29 is 23.2 Å². The molecule has 1 aromatic heterocycles. The van der Waals surface area contributed by atoms with Crippen LogP contribution in [0.15, 0.2) is 47.4 Å². The van der Waals surface area contributed by atoms with E-state index in [1.807, 2.05) is 0 Å². The van der Waals surface area contributed by atoms with E-state index in [0.717, 1.165) is 22.9 Å². The molecular formula is C14H11F2N3O5. The third kappa shape index (κ3) is 4.60.